The van der Waals surface area contributed by atoms with E-state index in [1.54, 1.807) is 0 Å². The van der Waals surface area contributed by atoms with E-state index in [0.717, 1.165) is 13.1 Å². The normalized spacial score (nSPS) is 12.4. The van der Waals surface area contributed by atoms with Crippen molar-refractivity contribution in [2.75, 3.05) is 13.6 Å². The first-order valence-electron chi connectivity index (χ1n) is 5.12. The van der Waals surface area contributed by atoms with Gasteiger partial charge in [-0.05, 0) is 12.1 Å². The number of benzene rings is 1. The Labute approximate surface area is 117 Å². The second-order valence-electron chi connectivity index (χ2n) is 3.76. The van der Waals surface area contributed by atoms with Crippen LogP contribution in [0.5, 0.6) is 0 Å². The van der Waals surface area contributed by atoms with Crippen molar-refractivity contribution in [2.24, 2.45) is 5.73 Å². The fourth-order valence-corrected chi connectivity index (χ4v) is 3.35. The fourth-order valence-electron chi connectivity index (χ4n) is 1.41. The molecule has 0 aliphatic rings. The van der Waals surface area contributed by atoms with Crippen LogP contribution in [0.3, 0.4) is 0 Å². The van der Waals surface area contributed by atoms with Crippen LogP contribution in [0.25, 0.3) is 0 Å². The summed E-state index contributed by atoms with van der Waals surface area (Å²) < 4.78 is 63.1. The maximum absolute atomic E-state index is 14.0. The van der Waals surface area contributed by atoms with Crippen LogP contribution < -0.4 is 5.73 Å². The maximum Gasteiger partial charge on any atom is 0.252 e. The Bertz CT molecular complexity index is 566. The molecule has 0 amide bonds. The zero-order valence-corrected chi connectivity index (χ0v) is 12.3. The summed E-state index contributed by atoms with van der Waals surface area (Å²) in [6.45, 7) is -1.21. The third-order valence-corrected chi connectivity index (χ3v) is 4.66. The standard InChI is InChI=1S/C10H12BrF3N2O2S/c1-16(5-9(12)13)19(17,18)8-3-7(11)2-6(4-15)10(8)14/h2-3,9H,4-5,15H2,1H3. The second-order valence-corrected chi connectivity index (χ2v) is 6.69. The molecule has 0 fully saturated rings. The van der Waals surface area contributed by atoms with E-state index >= 15 is 0 Å². The molecule has 0 aliphatic heterocycles. The lowest BCUT2D eigenvalue weighted by Gasteiger charge is -2.18. The lowest BCUT2D eigenvalue weighted by molar-refractivity contribution is 0.126. The van der Waals surface area contributed by atoms with E-state index < -0.39 is 33.7 Å². The van der Waals surface area contributed by atoms with Gasteiger partial charge in [0.15, 0.2) is 0 Å². The molecule has 0 saturated carbocycles. The minimum atomic E-state index is -4.33. The van der Waals surface area contributed by atoms with Gasteiger partial charge in [-0.3, -0.25) is 0 Å². The molecular weight excluding hydrogens is 349 g/mol. The number of sulfonamides is 1. The first-order valence-corrected chi connectivity index (χ1v) is 7.36. The molecule has 0 spiro atoms. The lowest BCUT2D eigenvalue weighted by atomic mass is 10.2. The van der Waals surface area contributed by atoms with Crippen molar-refractivity contribution in [3.05, 3.63) is 28.0 Å². The fraction of sp³-hybridized carbons (Fsp3) is 0.400. The first kappa shape index (κ1) is 16.4. The number of hydrogen-bond acceptors (Lipinski definition) is 3. The number of alkyl halides is 2. The zero-order chi connectivity index (χ0) is 14.8. The second kappa shape index (κ2) is 6.21. The highest BCUT2D eigenvalue weighted by Crippen LogP contribution is 2.26. The molecule has 2 N–H and O–H groups in total. The van der Waals surface area contributed by atoms with Crippen molar-refractivity contribution in [3.8, 4) is 0 Å². The summed E-state index contributed by atoms with van der Waals surface area (Å²) in [4.78, 5) is -0.675. The predicted octanol–water partition coefficient (Wildman–Crippen LogP) is 1.93. The molecule has 4 nitrogen and oxygen atoms in total. The van der Waals surface area contributed by atoms with E-state index in [-0.39, 0.29) is 12.1 Å². The summed E-state index contributed by atoms with van der Waals surface area (Å²) in [6, 6.07) is 2.35. The Morgan fingerprint density at radius 3 is 2.47 bits per heavy atom. The SMILES string of the molecule is CN(CC(F)F)S(=O)(=O)c1cc(Br)cc(CN)c1F. The van der Waals surface area contributed by atoms with Gasteiger partial charge in [-0.25, -0.2) is 21.6 Å². The minimum absolute atomic E-state index is 0.0154. The summed E-state index contributed by atoms with van der Waals surface area (Å²) in [6.07, 6.45) is -2.84. The van der Waals surface area contributed by atoms with Crippen LogP contribution in [-0.2, 0) is 16.6 Å². The third-order valence-electron chi connectivity index (χ3n) is 2.38. The molecule has 0 aromatic heterocycles. The van der Waals surface area contributed by atoms with E-state index in [0.29, 0.717) is 8.78 Å². The van der Waals surface area contributed by atoms with Crippen LogP contribution in [0.15, 0.2) is 21.5 Å². The molecule has 19 heavy (non-hydrogen) atoms. The molecule has 0 radical (unpaired) electrons. The van der Waals surface area contributed by atoms with Crippen LogP contribution in [0, 0.1) is 5.82 Å². The molecule has 1 aromatic rings. The van der Waals surface area contributed by atoms with Gasteiger partial charge in [0.05, 0.1) is 6.54 Å². The van der Waals surface area contributed by atoms with Crippen LogP contribution in [0.1, 0.15) is 5.56 Å². The predicted molar refractivity (Wildman–Crippen MR) is 67.8 cm³/mol. The quantitative estimate of drug-likeness (QED) is 0.872. The Hall–Kier alpha value is -0.640. The van der Waals surface area contributed by atoms with Gasteiger partial charge in [0, 0.05) is 23.6 Å². The number of halogens is 4. The van der Waals surface area contributed by atoms with Crippen molar-refractivity contribution in [1.82, 2.24) is 4.31 Å². The van der Waals surface area contributed by atoms with E-state index in [1.807, 2.05) is 0 Å². The maximum atomic E-state index is 14.0. The molecule has 0 aliphatic carbocycles. The molecule has 0 saturated heterocycles. The van der Waals surface area contributed by atoms with E-state index in [4.69, 9.17) is 5.73 Å². The van der Waals surface area contributed by atoms with E-state index in [9.17, 15) is 21.6 Å². The Balaban J connectivity index is 3.32. The third kappa shape index (κ3) is 3.68. The largest absolute Gasteiger partial charge is 0.326 e. The topological polar surface area (TPSA) is 63.4 Å². The Morgan fingerprint density at radius 2 is 2.00 bits per heavy atom. The van der Waals surface area contributed by atoms with Crippen molar-refractivity contribution in [1.29, 1.82) is 0 Å². The lowest BCUT2D eigenvalue weighted by Crippen LogP contribution is -2.32. The van der Waals surface area contributed by atoms with Gasteiger partial charge in [0.1, 0.15) is 10.7 Å². The summed E-state index contributed by atoms with van der Waals surface area (Å²) in [7, 11) is -3.36. The molecule has 108 valence electrons. The van der Waals surface area contributed by atoms with Crippen molar-refractivity contribution < 1.29 is 21.6 Å². The van der Waals surface area contributed by atoms with Gasteiger partial charge in [0.2, 0.25) is 10.0 Å². The monoisotopic (exact) mass is 360 g/mol. The summed E-state index contributed by atoms with van der Waals surface area (Å²) in [5, 5.41) is 0. The molecule has 1 rings (SSSR count). The van der Waals surface area contributed by atoms with Gasteiger partial charge < -0.3 is 5.73 Å². The zero-order valence-electron chi connectivity index (χ0n) is 9.91. The molecule has 0 heterocycles. The number of rotatable bonds is 5. The molecule has 9 heteroatoms. The highest BCUT2D eigenvalue weighted by molar-refractivity contribution is 9.10. The van der Waals surface area contributed by atoms with Gasteiger partial charge in [-0.15, -0.1) is 0 Å². The van der Waals surface area contributed by atoms with Gasteiger partial charge >= 0.3 is 0 Å². The van der Waals surface area contributed by atoms with Gasteiger partial charge in [-0.2, -0.15) is 4.31 Å². The molecular formula is C10H12BrF3N2O2S. The van der Waals surface area contributed by atoms with Crippen molar-refractivity contribution >= 4 is 26.0 Å². The van der Waals surface area contributed by atoms with Crippen molar-refractivity contribution in [3.63, 3.8) is 0 Å². The highest BCUT2D eigenvalue weighted by Gasteiger charge is 2.28. The number of nitrogens with zero attached hydrogens (tertiary/aromatic N) is 1. The van der Waals surface area contributed by atoms with Gasteiger partial charge in [0.25, 0.3) is 6.43 Å². The van der Waals surface area contributed by atoms with Gasteiger partial charge in [-0.1, -0.05) is 15.9 Å². The summed E-state index contributed by atoms with van der Waals surface area (Å²) in [5.74, 6) is -1.02. The molecule has 0 bridgehead atoms. The molecule has 0 unspecified atom stereocenters. The average molecular weight is 361 g/mol. The number of nitrogens with two attached hydrogens (primary N) is 1. The van der Waals surface area contributed by atoms with E-state index in [2.05, 4.69) is 15.9 Å². The minimum Gasteiger partial charge on any atom is -0.326 e. The first-order chi connectivity index (χ1) is 8.70. The molecule has 1 aromatic carbocycles. The Kier molecular flexibility index (Phi) is 5.36. The van der Waals surface area contributed by atoms with Crippen LogP contribution in [-0.4, -0.2) is 32.7 Å². The smallest absolute Gasteiger partial charge is 0.252 e. The number of hydrogen-bond donors (Lipinski definition) is 1. The highest BCUT2D eigenvalue weighted by atomic mass is 79.9. The average Bonchev–Trinajstić information content (AvgIpc) is 2.30. The van der Waals surface area contributed by atoms with E-state index in [1.165, 1.54) is 6.07 Å². The van der Waals surface area contributed by atoms with Crippen molar-refractivity contribution in [2.45, 2.75) is 17.9 Å². The van der Waals surface area contributed by atoms with Crippen LogP contribution in [0.4, 0.5) is 13.2 Å². The summed E-state index contributed by atoms with van der Waals surface area (Å²) in [5.41, 5.74) is 5.28. The van der Waals surface area contributed by atoms with Crippen LogP contribution in [0.2, 0.25) is 0 Å². The Morgan fingerprint density at radius 1 is 1.42 bits per heavy atom. The molecule has 0 atom stereocenters. The summed E-state index contributed by atoms with van der Waals surface area (Å²) >= 11 is 3.03. The van der Waals surface area contributed by atoms with Crippen LogP contribution >= 0.6 is 15.9 Å².